The highest BCUT2D eigenvalue weighted by Crippen LogP contribution is 2.17. The molecule has 1 aromatic heterocycles. The molecule has 21 heavy (non-hydrogen) atoms. The van der Waals surface area contributed by atoms with E-state index in [0.717, 1.165) is 5.56 Å². The van der Waals surface area contributed by atoms with Crippen LogP contribution in [-0.4, -0.2) is 17.4 Å². The summed E-state index contributed by atoms with van der Waals surface area (Å²) in [4.78, 5) is 14.7. The van der Waals surface area contributed by atoms with E-state index < -0.39 is 0 Å². The Morgan fingerprint density at radius 3 is 2.33 bits per heavy atom. The molecule has 0 fully saturated rings. The van der Waals surface area contributed by atoms with Gasteiger partial charge in [-0.1, -0.05) is 38.1 Å². The smallest absolute Gasteiger partial charge is 0.267 e. The highest BCUT2D eigenvalue weighted by molar-refractivity contribution is 5.92. The topological polar surface area (TPSA) is 70.9 Å². The minimum atomic E-state index is -0.199. The van der Waals surface area contributed by atoms with Crippen molar-refractivity contribution in [2.75, 3.05) is 6.54 Å². The number of nitrogens with two attached hydrogens (primary N) is 1. The number of aromatic nitrogens is 1. The van der Waals surface area contributed by atoms with Gasteiger partial charge in [0.2, 0.25) is 0 Å². The Labute approximate surface area is 131 Å². The molecule has 0 aliphatic heterocycles. The predicted octanol–water partition coefficient (Wildman–Crippen LogP) is 2.99. The third kappa shape index (κ3) is 4.62. The van der Waals surface area contributed by atoms with Crippen LogP contribution in [0.1, 0.15) is 47.4 Å². The number of amides is 1. The molecule has 1 atom stereocenters. The van der Waals surface area contributed by atoms with Crippen LogP contribution in [0.5, 0.6) is 0 Å². The first-order valence-electron chi connectivity index (χ1n) is 6.85. The maximum atomic E-state index is 11.8. The van der Waals surface area contributed by atoms with Gasteiger partial charge in [0.05, 0.1) is 0 Å². The molecule has 0 saturated heterocycles. The average molecular weight is 308 g/mol. The van der Waals surface area contributed by atoms with Gasteiger partial charge in [-0.15, -0.1) is 12.4 Å². The van der Waals surface area contributed by atoms with E-state index in [0.29, 0.717) is 18.2 Å². The third-order valence-corrected chi connectivity index (χ3v) is 3.36. The third-order valence-electron chi connectivity index (χ3n) is 3.36. The number of benzene rings is 1. The molecule has 1 unspecified atom stereocenters. The molecule has 2 aromatic rings. The standard InChI is InChI=1S/C16H21N3O.ClH/c1-11(2)12-5-7-13(8-6-12)14(17)10-19-16(20)15-4-3-9-18-15;/h3-9,11,14,18H,10,17H2,1-2H3,(H,19,20);1H. The van der Waals surface area contributed by atoms with Crippen LogP contribution < -0.4 is 11.1 Å². The summed E-state index contributed by atoms with van der Waals surface area (Å²) in [7, 11) is 0. The molecule has 0 radical (unpaired) electrons. The largest absolute Gasteiger partial charge is 0.357 e. The first-order valence-corrected chi connectivity index (χ1v) is 6.85. The molecular formula is C16H22ClN3O. The second-order valence-electron chi connectivity index (χ2n) is 5.22. The Morgan fingerprint density at radius 2 is 1.81 bits per heavy atom. The minimum absolute atomic E-state index is 0. The van der Waals surface area contributed by atoms with E-state index in [2.05, 4.69) is 36.3 Å². The van der Waals surface area contributed by atoms with E-state index in [-0.39, 0.29) is 24.4 Å². The van der Waals surface area contributed by atoms with Crippen LogP contribution in [0.4, 0.5) is 0 Å². The molecule has 4 N–H and O–H groups in total. The SMILES string of the molecule is CC(C)c1ccc(C(N)CNC(=O)c2ccc[nH]2)cc1.Cl. The summed E-state index contributed by atoms with van der Waals surface area (Å²) < 4.78 is 0. The Kier molecular flexibility index (Phi) is 6.46. The maximum absolute atomic E-state index is 11.8. The van der Waals surface area contributed by atoms with Crippen LogP contribution in [0, 0.1) is 0 Å². The number of rotatable bonds is 5. The summed E-state index contributed by atoms with van der Waals surface area (Å²) in [5, 5.41) is 2.83. The highest BCUT2D eigenvalue weighted by Gasteiger charge is 2.10. The summed E-state index contributed by atoms with van der Waals surface area (Å²) in [6.45, 7) is 4.73. The van der Waals surface area contributed by atoms with E-state index in [9.17, 15) is 4.79 Å². The molecule has 2 rings (SSSR count). The van der Waals surface area contributed by atoms with Crippen LogP contribution in [0.15, 0.2) is 42.6 Å². The fraction of sp³-hybridized carbons (Fsp3) is 0.312. The van der Waals surface area contributed by atoms with Crippen molar-refractivity contribution in [1.29, 1.82) is 0 Å². The lowest BCUT2D eigenvalue weighted by Crippen LogP contribution is -2.32. The normalized spacial score (nSPS) is 11.8. The molecule has 0 aliphatic rings. The van der Waals surface area contributed by atoms with Gasteiger partial charge in [0.25, 0.3) is 5.91 Å². The molecule has 1 amide bonds. The molecule has 0 aliphatic carbocycles. The number of carbonyl (C=O) groups is 1. The lowest BCUT2D eigenvalue weighted by atomic mass is 9.99. The van der Waals surface area contributed by atoms with Gasteiger partial charge in [0.1, 0.15) is 5.69 Å². The van der Waals surface area contributed by atoms with Crippen molar-refractivity contribution in [2.24, 2.45) is 5.73 Å². The van der Waals surface area contributed by atoms with Crippen LogP contribution in [-0.2, 0) is 0 Å². The van der Waals surface area contributed by atoms with E-state index in [1.807, 2.05) is 12.1 Å². The summed E-state index contributed by atoms with van der Waals surface area (Å²) in [6.07, 6.45) is 1.72. The number of carbonyl (C=O) groups excluding carboxylic acids is 1. The van der Waals surface area contributed by atoms with Crippen molar-refractivity contribution in [3.63, 3.8) is 0 Å². The zero-order chi connectivity index (χ0) is 14.5. The average Bonchev–Trinajstić information content (AvgIpc) is 2.98. The lowest BCUT2D eigenvalue weighted by molar-refractivity contribution is 0.0947. The van der Waals surface area contributed by atoms with Gasteiger partial charge >= 0.3 is 0 Å². The highest BCUT2D eigenvalue weighted by atomic mass is 35.5. The number of H-pyrrole nitrogens is 1. The van der Waals surface area contributed by atoms with Gasteiger partial charge in [-0.25, -0.2) is 0 Å². The van der Waals surface area contributed by atoms with Gasteiger partial charge in [0.15, 0.2) is 0 Å². The zero-order valence-electron chi connectivity index (χ0n) is 12.3. The Bertz CT molecular complexity index is 549. The van der Waals surface area contributed by atoms with E-state index in [1.165, 1.54) is 5.56 Å². The number of nitrogens with one attached hydrogen (secondary N) is 2. The predicted molar refractivity (Wildman–Crippen MR) is 87.8 cm³/mol. The minimum Gasteiger partial charge on any atom is -0.357 e. The fourth-order valence-electron chi connectivity index (χ4n) is 2.02. The number of hydrogen-bond acceptors (Lipinski definition) is 2. The molecule has 114 valence electrons. The summed E-state index contributed by atoms with van der Waals surface area (Å²) in [6, 6.07) is 11.6. The van der Waals surface area contributed by atoms with Crippen molar-refractivity contribution in [3.8, 4) is 0 Å². The molecule has 1 aromatic carbocycles. The molecule has 0 saturated carbocycles. The monoisotopic (exact) mass is 307 g/mol. The van der Waals surface area contributed by atoms with Gasteiger partial charge in [-0.05, 0) is 29.2 Å². The Morgan fingerprint density at radius 1 is 1.19 bits per heavy atom. The lowest BCUT2D eigenvalue weighted by Gasteiger charge is -2.14. The van der Waals surface area contributed by atoms with E-state index in [1.54, 1.807) is 18.3 Å². The molecule has 1 heterocycles. The summed E-state index contributed by atoms with van der Waals surface area (Å²) in [5.41, 5.74) is 8.96. The summed E-state index contributed by atoms with van der Waals surface area (Å²) in [5.74, 6) is 0.372. The quantitative estimate of drug-likeness (QED) is 0.794. The van der Waals surface area contributed by atoms with Gasteiger partial charge in [-0.3, -0.25) is 4.79 Å². The second-order valence-corrected chi connectivity index (χ2v) is 5.22. The van der Waals surface area contributed by atoms with Crippen molar-refractivity contribution in [3.05, 3.63) is 59.4 Å². The van der Waals surface area contributed by atoms with Gasteiger partial charge in [0, 0.05) is 18.8 Å². The maximum Gasteiger partial charge on any atom is 0.267 e. The fourth-order valence-corrected chi connectivity index (χ4v) is 2.02. The van der Waals surface area contributed by atoms with E-state index in [4.69, 9.17) is 5.73 Å². The van der Waals surface area contributed by atoms with Crippen LogP contribution in [0.2, 0.25) is 0 Å². The van der Waals surface area contributed by atoms with E-state index >= 15 is 0 Å². The summed E-state index contributed by atoms with van der Waals surface area (Å²) >= 11 is 0. The number of hydrogen-bond donors (Lipinski definition) is 3. The Balaban J connectivity index is 0.00000220. The number of aromatic amines is 1. The first-order chi connectivity index (χ1) is 9.58. The second kappa shape index (κ2) is 7.86. The Hall–Kier alpha value is -1.78. The van der Waals surface area contributed by atoms with Gasteiger partial charge < -0.3 is 16.0 Å². The first kappa shape index (κ1) is 17.3. The molecule has 0 bridgehead atoms. The van der Waals surface area contributed by atoms with Crippen molar-refractivity contribution in [2.45, 2.75) is 25.8 Å². The molecule has 5 heteroatoms. The number of halogens is 1. The van der Waals surface area contributed by atoms with Crippen molar-refractivity contribution in [1.82, 2.24) is 10.3 Å². The van der Waals surface area contributed by atoms with Gasteiger partial charge in [-0.2, -0.15) is 0 Å². The van der Waals surface area contributed by atoms with Crippen molar-refractivity contribution < 1.29 is 4.79 Å². The molecule has 4 nitrogen and oxygen atoms in total. The van der Waals surface area contributed by atoms with Crippen LogP contribution in [0.25, 0.3) is 0 Å². The molecule has 0 spiro atoms. The van der Waals surface area contributed by atoms with Crippen molar-refractivity contribution >= 4 is 18.3 Å². The zero-order valence-corrected chi connectivity index (χ0v) is 13.1. The molecular weight excluding hydrogens is 286 g/mol. The van der Waals surface area contributed by atoms with Crippen LogP contribution in [0.3, 0.4) is 0 Å². The van der Waals surface area contributed by atoms with Crippen LogP contribution >= 0.6 is 12.4 Å².